The predicted molar refractivity (Wildman–Crippen MR) is 64.2 cm³/mol. The second-order valence-corrected chi connectivity index (χ2v) is 4.09. The summed E-state index contributed by atoms with van der Waals surface area (Å²) in [5.41, 5.74) is 2.10. The van der Waals surface area contributed by atoms with Crippen LogP contribution in [-0.4, -0.2) is 20.6 Å². The number of hydrogen-bond donors (Lipinski definition) is 1. The van der Waals surface area contributed by atoms with Crippen LogP contribution >= 0.6 is 0 Å². The van der Waals surface area contributed by atoms with Gasteiger partial charge in [0.1, 0.15) is 5.82 Å². The van der Waals surface area contributed by atoms with E-state index in [0.29, 0.717) is 12.0 Å². The third-order valence-corrected chi connectivity index (χ3v) is 2.82. The number of nitrogens with zero attached hydrogens (tertiary/aromatic N) is 2. The average molecular weight is 230 g/mol. The molecule has 1 aromatic carbocycles. The summed E-state index contributed by atoms with van der Waals surface area (Å²) >= 11 is 0. The molecule has 0 aliphatic rings. The molecule has 0 saturated heterocycles. The molecule has 4 nitrogen and oxygen atoms in total. The van der Waals surface area contributed by atoms with Crippen LogP contribution in [0, 0.1) is 6.92 Å². The van der Waals surface area contributed by atoms with Crippen LogP contribution in [0.5, 0.6) is 0 Å². The summed E-state index contributed by atoms with van der Waals surface area (Å²) in [6.07, 6.45) is 4.26. The smallest absolute Gasteiger partial charge is 0.335 e. The number of imidazole rings is 1. The lowest BCUT2D eigenvalue weighted by molar-refractivity contribution is 0.0696. The maximum Gasteiger partial charge on any atom is 0.335 e. The number of benzene rings is 1. The lowest BCUT2D eigenvalue weighted by Gasteiger charge is -2.05. The van der Waals surface area contributed by atoms with Crippen LogP contribution in [0.4, 0.5) is 0 Å². The van der Waals surface area contributed by atoms with E-state index < -0.39 is 5.97 Å². The molecule has 17 heavy (non-hydrogen) atoms. The Balaban J connectivity index is 2.32. The van der Waals surface area contributed by atoms with Crippen LogP contribution < -0.4 is 0 Å². The minimum Gasteiger partial charge on any atom is -0.478 e. The predicted octanol–water partition coefficient (Wildman–Crippen LogP) is 2.02. The molecule has 4 heteroatoms. The van der Waals surface area contributed by atoms with E-state index in [1.807, 2.05) is 29.9 Å². The van der Waals surface area contributed by atoms with E-state index in [4.69, 9.17) is 5.11 Å². The molecule has 0 unspecified atom stereocenters. The van der Waals surface area contributed by atoms with Crippen molar-refractivity contribution in [1.82, 2.24) is 9.55 Å². The van der Waals surface area contributed by atoms with Gasteiger partial charge in [-0.3, -0.25) is 0 Å². The van der Waals surface area contributed by atoms with Crippen molar-refractivity contribution in [3.8, 4) is 0 Å². The van der Waals surface area contributed by atoms with Crippen molar-refractivity contribution < 1.29 is 9.90 Å². The van der Waals surface area contributed by atoms with Crippen LogP contribution in [0.1, 0.15) is 27.3 Å². The lowest BCUT2D eigenvalue weighted by atomic mass is 10.0. The first-order valence-corrected chi connectivity index (χ1v) is 5.37. The van der Waals surface area contributed by atoms with Crippen LogP contribution in [0.3, 0.4) is 0 Å². The molecule has 2 aromatic rings. The zero-order chi connectivity index (χ0) is 12.4. The van der Waals surface area contributed by atoms with Gasteiger partial charge in [-0.05, 0) is 24.1 Å². The summed E-state index contributed by atoms with van der Waals surface area (Å²) < 4.78 is 1.93. The van der Waals surface area contributed by atoms with Crippen molar-refractivity contribution in [1.29, 1.82) is 0 Å². The molecule has 0 bridgehead atoms. The number of rotatable bonds is 3. The summed E-state index contributed by atoms with van der Waals surface area (Å²) in [6, 6.07) is 5.49. The highest BCUT2D eigenvalue weighted by Gasteiger charge is 2.09. The van der Waals surface area contributed by atoms with Crippen LogP contribution in [0.2, 0.25) is 0 Å². The van der Waals surface area contributed by atoms with E-state index >= 15 is 0 Å². The third kappa shape index (κ3) is 2.36. The van der Waals surface area contributed by atoms with Crippen molar-refractivity contribution in [2.45, 2.75) is 13.3 Å². The third-order valence-electron chi connectivity index (χ3n) is 2.82. The Morgan fingerprint density at radius 2 is 2.24 bits per heavy atom. The molecular formula is C13H14N2O2. The van der Waals surface area contributed by atoms with Crippen molar-refractivity contribution in [2.75, 3.05) is 0 Å². The first-order valence-electron chi connectivity index (χ1n) is 5.37. The Morgan fingerprint density at radius 1 is 1.47 bits per heavy atom. The van der Waals surface area contributed by atoms with Gasteiger partial charge in [0.25, 0.3) is 0 Å². The standard InChI is InChI=1S/C13H14N2O2/c1-9-3-4-10(7-11(9)13(16)17)8-12-14-5-6-15(12)2/h3-7H,8H2,1-2H3,(H,16,17). The van der Waals surface area contributed by atoms with Gasteiger partial charge >= 0.3 is 5.97 Å². The molecule has 0 radical (unpaired) electrons. The second kappa shape index (κ2) is 4.41. The number of carboxylic acid groups (broad SMARTS) is 1. The lowest BCUT2D eigenvalue weighted by Crippen LogP contribution is -2.03. The first kappa shape index (κ1) is 11.4. The Kier molecular flexibility index (Phi) is 2.95. The van der Waals surface area contributed by atoms with Gasteiger partial charge in [0.05, 0.1) is 5.56 Å². The molecule has 0 aliphatic carbocycles. The summed E-state index contributed by atoms with van der Waals surface area (Å²) in [4.78, 5) is 15.2. The summed E-state index contributed by atoms with van der Waals surface area (Å²) in [7, 11) is 1.93. The van der Waals surface area contributed by atoms with Gasteiger partial charge in [0.2, 0.25) is 0 Å². The fraction of sp³-hybridized carbons (Fsp3) is 0.231. The van der Waals surface area contributed by atoms with Gasteiger partial charge in [-0.1, -0.05) is 12.1 Å². The second-order valence-electron chi connectivity index (χ2n) is 4.09. The minimum absolute atomic E-state index is 0.358. The highest BCUT2D eigenvalue weighted by molar-refractivity contribution is 5.89. The Labute approximate surface area is 99.5 Å². The number of aromatic nitrogens is 2. The van der Waals surface area contributed by atoms with Crippen LogP contribution in [0.25, 0.3) is 0 Å². The summed E-state index contributed by atoms with van der Waals surface area (Å²) in [5.74, 6) is 0.0365. The molecule has 1 aromatic heterocycles. The van der Waals surface area contributed by atoms with Crippen molar-refractivity contribution in [3.05, 3.63) is 53.1 Å². The monoisotopic (exact) mass is 230 g/mol. The topological polar surface area (TPSA) is 55.1 Å². The normalized spacial score (nSPS) is 10.5. The Hall–Kier alpha value is -2.10. The zero-order valence-electron chi connectivity index (χ0n) is 9.84. The van der Waals surface area contributed by atoms with E-state index in [0.717, 1.165) is 17.0 Å². The van der Waals surface area contributed by atoms with Crippen LogP contribution in [0.15, 0.2) is 30.6 Å². The fourth-order valence-electron chi connectivity index (χ4n) is 1.76. The SMILES string of the molecule is Cc1ccc(Cc2nccn2C)cc1C(=O)O. The molecule has 2 rings (SSSR count). The van der Waals surface area contributed by atoms with Crippen molar-refractivity contribution >= 4 is 5.97 Å². The molecule has 0 amide bonds. The number of aryl methyl sites for hydroxylation is 2. The largest absolute Gasteiger partial charge is 0.478 e. The van der Waals surface area contributed by atoms with Gasteiger partial charge in [-0.2, -0.15) is 0 Å². The summed E-state index contributed by atoms with van der Waals surface area (Å²) in [6.45, 7) is 1.80. The van der Waals surface area contributed by atoms with Gasteiger partial charge in [-0.25, -0.2) is 9.78 Å². The van der Waals surface area contributed by atoms with E-state index in [1.54, 1.807) is 19.2 Å². The number of hydrogen-bond acceptors (Lipinski definition) is 2. The van der Waals surface area contributed by atoms with Crippen LogP contribution in [-0.2, 0) is 13.5 Å². The van der Waals surface area contributed by atoms with E-state index in [-0.39, 0.29) is 0 Å². The zero-order valence-corrected chi connectivity index (χ0v) is 9.84. The molecule has 0 aliphatic heterocycles. The average Bonchev–Trinajstić information content (AvgIpc) is 2.67. The van der Waals surface area contributed by atoms with Gasteiger partial charge in [0.15, 0.2) is 0 Å². The number of carbonyl (C=O) groups is 1. The Morgan fingerprint density at radius 3 is 2.82 bits per heavy atom. The molecule has 88 valence electrons. The van der Waals surface area contributed by atoms with Crippen molar-refractivity contribution in [2.24, 2.45) is 7.05 Å². The maximum atomic E-state index is 11.0. The van der Waals surface area contributed by atoms with Crippen molar-refractivity contribution in [3.63, 3.8) is 0 Å². The summed E-state index contributed by atoms with van der Waals surface area (Å²) in [5, 5.41) is 9.05. The minimum atomic E-state index is -0.885. The van der Waals surface area contributed by atoms with Gasteiger partial charge in [0, 0.05) is 25.9 Å². The molecule has 0 spiro atoms. The van der Waals surface area contributed by atoms with Gasteiger partial charge in [-0.15, -0.1) is 0 Å². The van der Waals surface area contributed by atoms with E-state index in [2.05, 4.69) is 4.98 Å². The first-order chi connectivity index (χ1) is 8.08. The quantitative estimate of drug-likeness (QED) is 0.877. The molecule has 0 fully saturated rings. The molecule has 1 N–H and O–H groups in total. The molecule has 1 heterocycles. The fourth-order valence-corrected chi connectivity index (χ4v) is 1.76. The maximum absolute atomic E-state index is 11.0. The highest BCUT2D eigenvalue weighted by Crippen LogP contribution is 2.14. The Bertz CT molecular complexity index is 558. The number of aromatic carboxylic acids is 1. The molecule has 0 saturated carbocycles. The molecule has 0 atom stereocenters. The highest BCUT2D eigenvalue weighted by atomic mass is 16.4. The molecular weight excluding hydrogens is 216 g/mol. The van der Waals surface area contributed by atoms with E-state index in [9.17, 15) is 4.79 Å². The van der Waals surface area contributed by atoms with E-state index in [1.165, 1.54) is 0 Å². The number of carboxylic acids is 1. The van der Waals surface area contributed by atoms with Gasteiger partial charge < -0.3 is 9.67 Å².